The fraction of sp³-hybridized carbons (Fsp3) is 0.343. The van der Waals surface area contributed by atoms with E-state index in [1.165, 1.54) is 30.1 Å². The smallest absolute Gasteiger partial charge is 0.468 e. The van der Waals surface area contributed by atoms with Crippen LogP contribution < -0.4 is 32.3 Å². The summed E-state index contributed by atoms with van der Waals surface area (Å²) in [6, 6.07) is 29.2. The Morgan fingerprint density at radius 2 is 1.31 bits per heavy atom. The Hall–Kier alpha value is -3.57. The summed E-state index contributed by atoms with van der Waals surface area (Å²) in [7, 11) is 2.39. The van der Waals surface area contributed by atoms with Crippen molar-refractivity contribution in [2.45, 2.75) is 44.2 Å². The second kappa shape index (κ2) is 18.8. The van der Waals surface area contributed by atoms with E-state index in [1.54, 1.807) is 0 Å². The summed E-state index contributed by atoms with van der Waals surface area (Å²) >= 11 is 5.37. The van der Waals surface area contributed by atoms with Crippen molar-refractivity contribution < 1.29 is 33.4 Å². The Morgan fingerprint density at radius 3 is 1.79 bits per heavy atom. The summed E-state index contributed by atoms with van der Waals surface area (Å²) in [5, 5.41) is 5.37. The molecule has 13 heteroatoms. The Bertz CT molecular complexity index is 1430. The van der Waals surface area contributed by atoms with Crippen molar-refractivity contribution in [1.29, 1.82) is 0 Å². The molecule has 2 amide bonds. The zero-order valence-electron chi connectivity index (χ0n) is 27.1. The molecule has 10 nitrogen and oxygen atoms in total. The topological polar surface area (TPSA) is 154 Å². The molecule has 0 spiro atoms. The standard InChI is InChI=1S/C35H43BrN3O7PS/c1-45-32(41)24-38-34(43)30(39-31(40)22-21-29(37)35(44)46-2)25-48-33(42)20-12-13-23-47(36,26-14-6-3-7-15-26,27-16-8-4-9-17-27)28-18-10-5-11-19-28/h3-11,14-19,29-30H,12-13,20-25,37H2,1-2H3,(H,38,43)(H,39,40). The number of hydrogen-bond acceptors (Lipinski definition) is 9. The molecule has 48 heavy (non-hydrogen) atoms. The molecule has 0 aliphatic heterocycles. The number of benzene rings is 3. The van der Waals surface area contributed by atoms with E-state index in [2.05, 4.69) is 72.0 Å². The van der Waals surface area contributed by atoms with Gasteiger partial charge in [-0.05, 0) is 0 Å². The van der Waals surface area contributed by atoms with Crippen LogP contribution in [-0.2, 0) is 33.4 Å². The quantitative estimate of drug-likeness (QED) is 0.101. The molecular weight excluding hydrogens is 717 g/mol. The number of amides is 2. The summed E-state index contributed by atoms with van der Waals surface area (Å²) in [5.41, 5.74) is 5.72. The first kappa shape index (κ1) is 38.9. The number of thioether (sulfide) groups is 1. The third-order valence-corrected chi connectivity index (χ3v) is 19.0. The van der Waals surface area contributed by atoms with Crippen LogP contribution >= 0.6 is 32.6 Å². The minimum atomic E-state index is -3.11. The number of unbranched alkanes of at least 4 members (excludes halogenated alkanes) is 1. The monoisotopic (exact) mass is 759 g/mol. The molecule has 2 atom stereocenters. The number of ether oxygens (including phenoxy) is 2. The number of methoxy groups -OCH3 is 2. The van der Waals surface area contributed by atoms with Gasteiger partial charge in [-0.3, -0.25) is 9.59 Å². The van der Waals surface area contributed by atoms with Crippen LogP contribution in [-0.4, -0.2) is 73.6 Å². The molecular formula is C35H43BrN3O7PS. The normalized spacial score (nSPS) is 13.2. The molecule has 2 unspecified atom stereocenters. The van der Waals surface area contributed by atoms with Gasteiger partial charge in [-0.25, -0.2) is 0 Å². The molecule has 0 heterocycles. The Balaban J connectivity index is 1.69. The molecule has 0 aliphatic carbocycles. The number of halogens is 1. The third-order valence-electron chi connectivity index (χ3n) is 7.98. The van der Waals surface area contributed by atoms with E-state index in [4.69, 9.17) is 5.73 Å². The van der Waals surface area contributed by atoms with Crippen molar-refractivity contribution in [3.63, 3.8) is 0 Å². The number of nitrogens with one attached hydrogen (secondary N) is 2. The van der Waals surface area contributed by atoms with Crippen molar-refractivity contribution in [2.75, 3.05) is 32.7 Å². The molecule has 3 aromatic rings. The van der Waals surface area contributed by atoms with Gasteiger partial charge >= 0.3 is 250 Å². The van der Waals surface area contributed by atoms with Crippen LogP contribution in [0.5, 0.6) is 0 Å². The van der Waals surface area contributed by atoms with Crippen LogP contribution in [0.2, 0.25) is 0 Å². The van der Waals surface area contributed by atoms with Crippen molar-refractivity contribution >= 4 is 77.3 Å². The van der Waals surface area contributed by atoms with Gasteiger partial charge < -0.3 is 15.2 Å². The number of carbonyl (C=O) groups is 5. The number of hydrogen-bond donors (Lipinski definition) is 3. The van der Waals surface area contributed by atoms with Gasteiger partial charge in [0.1, 0.15) is 6.04 Å². The Labute approximate surface area is 293 Å². The zero-order chi connectivity index (χ0) is 35.0. The molecule has 0 radical (unpaired) electrons. The molecule has 0 saturated heterocycles. The van der Waals surface area contributed by atoms with Crippen LogP contribution in [0.25, 0.3) is 0 Å². The van der Waals surface area contributed by atoms with Gasteiger partial charge in [0, 0.05) is 0 Å². The van der Waals surface area contributed by atoms with E-state index in [9.17, 15) is 24.0 Å². The summed E-state index contributed by atoms with van der Waals surface area (Å²) in [5.74, 6) is -2.54. The van der Waals surface area contributed by atoms with Crippen molar-refractivity contribution in [3.05, 3.63) is 91.0 Å². The van der Waals surface area contributed by atoms with Crippen molar-refractivity contribution in [1.82, 2.24) is 10.6 Å². The van der Waals surface area contributed by atoms with Crippen LogP contribution in [0.3, 0.4) is 0 Å². The van der Waals surface area contributed by atoms with E-state index in [1.807, 2.05) is 54.6 Å². The van der Waals surface area contributed by atoms with Gasteiger partial charge in [-0.15, -0.1) is 0 Å². The van der Waals surface area contributed by atoms with Crippen molar-refractivity contribution in [3.8, 4) is 0 Å². The predicted molar refractivity (Wildman–Crippen MR) is 196 cm³/mol. The van der Waals surface area contributed by atoms with Gasteiger partial charge in [0.05, 0.1) is 14.2 Å². The van der Waals surface area contributed by atoms with Crippen LogP contribution in [0.15, 0.2) is 91.0 Å². The summed E-state index contributed by atoms with van der Waals surface area (Å²) in [6.07, 6.45) is 2.27. The Morgan fingerprint density at radius 1 is 0.792 bits per heavy atom. The molecule has 0 saturated carbocycles. The predicted octanol–water partition coefficient (Wildman–Crippen LogP) is 3.31. The summed E-state index contributed by atoms with van der Waals surface area (Å²) in [4.78, 5) is 61.7. The van der Waals surface area contributed by atoms with Crippen molar-refractivity contribution in [2.24, 2.45) is 5.73 Å². The first-order valence-corrected chi connectivity index (χ1v) is 21.0. The molecule has 258 valence electrons. The molecule has 0 bridgehead atoms. The second-order valence-electron chi connectivity index (χ2n) is 11.1. The van der Waals surface area contributed by atoms with Gasteiger partial charge in [0.2, 0.25) is 0 Å². The van der Waals surface area contributed by atoms with E-state index in [0.717, 1.165) is 24.3 Å². The fourth-order valence-corrected chi connectivity index (χ4v) is 14.0. The van der Waals surface area contributed by atoms with E-state index in [0.29, 0.717) is 6.42 Å². The molecule has 3 rings (SSSR count). The number of nitrogens with two attached hydrogens (primary N) is 1. The van der Waals surface area contributed by atoms with Gasteiger partial charge in [-0.2, -0.15) is 0 Å². The summed E-state index contributed by atoms with van der Waals surface area (Å²) in [6.45, 7) is -0.393. The molecule has 4 N–H and O–H groups in total. The minimum absolute atomic E-state index is 0.00863. The Kier molecular flexibility index (Phi) is 15.3. The zero-order valence-corrected chi connectivity index (χ0v) is 30.4. The van der Waals surface area contributed by atoms with Crippen LogP contribution in [0.4, 0.5) is 0 Å². The fourth-order valence-electron chi connectivity index (χ4n) is 5.34. The molecule has 3 aromatic carbocycles. The SMILES string of the molecule is COC(=O)CNC(=O)C(CSC(=O)CCCCP(Br)(c1ccccc1)(c1ccccc1)c1ccccc1)NC(=O)CCC(N)C(=O)OC. The number of rotatable bonds is 18. The van der Waals surface area contributed by atoms with Gasteiger partial charge in [0.15, 0.2) is 0 Å². The average molecular weight is 761 g/mol. The first-order chi connectivity index (χ1) is 23.0. The van der Waals surface area contributed by atoms with E-state index < -0.39 is 47.7 Å². The van der Waals surface area contributed by atoms with Gasteiger partial charge in [-0.1, -0.05) is 0 Å². The van der Waals surface area contributed by atoms with Gasteiger partial charge in [0.25, 0.3) is 0 Å². The van der Waals surface area contributed by atoms with E-state index >= 15 is 0 Å². The molecule has 0 aliphatic rings. The third kappa shape index (κ3) is 10.2. The van der Waals surface area contributed by atoms with E-state index in [-0.39, 0.29) is 30.1 Å². The minimum Gasteiger partial charge on any atom is -0.468 e. The molecule has 0 aromatic heterocycles. The number of carbonyl (C=O) groups excluding carboxylic acids is 5. The maximum absolute atomic E-state index is 13.1. The number of esters is 2. The maximum atomic E-state index is 13.1. The molecule has 0 fully saturated rings. The average Bonchev–Trinajstić information content (AvgIpc) is 3.13. The van der Waals surface area contributed by atoms with Crippen LogP contribution in [0.1, 0.15) is 32.1 Å². The summed E-state index contributed by atoms with van der Waals surface area (Å²) < 4.78 is 9.15. The second-order valence-corrected chi connectivity index (χ2v) is 21.3. The first-order valence-electron chi connectivity index (χ1n) is 15.6. The van der Waals surface area contributed by atoms with Crippen LogP contribution in [0, 0.1) is 0 Å².